The fourth-order valence-corrected chi connectivity index (χ4v) is 5.29. The van der Waals surface area contributed by atoms with Gasteiger partial charge in [-0.05, 0) is 23.8 Å². The molecule has 0 aliphatic carbocycles. The van der Waals surface area contributed by atoms with E-state index in [2.05, 4.69) is 5.32 Å². The van der Waals surface area contributed by atoms with Gasteiger partial charge in [0.2, 0.25) is 5.91 Å². The number of benzene rings is 1. The summed E-state index contributed by atoms with van der Waals surface area (Å²) < 4.78 is 0.438. The van der Waals surface area contributed by atoms with Crippen LogP contribution in [-0.4, -0.2) is 56.3 Å². The first-order chi connectivity index (χ1) is 12.4. The number of thioether (sulfide) groups is 2. The summed E-state index contributed by atoms with van der Waals surface area (Å²) in [5.74, 6) is 0.943. The molecule has 2 saturated heterocycles. The van der Waals surface area contributed by atoms with Crippen molar-refractivity contribution < 1.29 is 14.7 Å². The van der Waals surface area contributed by atoms with Crippen molar-refractivity contribution in [2.24, 2.45) is 0 Å². The molecule has 9 heteroatoms. The summed E-state index contributed by atoms with van der Waals surface area (Å²) >= 11 is 14.1. The number of carbonyl (C=O) groups is 2. The zero-order chi connectivity index (χ0) is 18.7. The van der Waals surface area contributed by atoms with Crippen LogP contribution in [0.1, 0.15) is 12.0 Å². The number of nitrogens with one attached hydrogen (secondary N) is 1. The van der Waals surface area contributed by atoms with Crippen LogP contribution in [-0.2, 0) is 9.59 Å². The largest absolute Gasteiger partial charge is 0.390 e. The molecule has 1 aromatic carbocycles. The van der Waals surface area contributed by atoms with E-state index in [-0.39, 0.29) is 30.8 Å². The highest BCUT2D eigenvalue weighted by Crippen LogP contribution is 2.32. The maximum atomic E-state index is 12.6. The Morgan fingerprint density at radius 3 is 2.96 bits per heavy atom. The highest BCUT2D eigenvalue weighted by molar-refractivity contribution is 8.26. The zero-order valence-corrected chi connectivity index (χ0v) is 16.9. The number of thiocarbonyl (C=S) groups is 1. The van der Waals surface area contributed by atoms with Crippen LogP contribution in [0.25, 0.3) is 6.08 Å². The van der Waals surface area contributed by atoms with E-state index in [4.69, 9.17) is 23.8 Å². The monoisotopic (exact) mass is 428 g/mol. The Balaban J connectivity index is 1.58. The summed E-state index contributed by atoms with van der Waals surface area (Å²) in [5, 5.41) is 13.2. The lowest BCUT2D eigenvalue weighted by Crippen LogP contribution is -2.43. The van der Waals surface area contributed by atoms with Crippen LogP contribution in [0.3, 0.4) is 0 Å². The highest BCUT2D eigenvalue weighted by atomic mass is 35.5. The molecule has 0 radical (unpaired) electrons. The van der Waals surface area contributed by atoms with Gasteiger partial charge in [0.25, 0.3) is 5.91 Å². The fraction of sp³-hybridized carbons (Fsp3) is 0.353. The lowest BCUT2D eigenvalue weighted by atomic mass is 10.2. The Morgan fingerprint density at radius 2 is 2.27 bits per heavy atom. The normalized spacial score (nSPS) is 24.5. The average molecular weight is 429 g/mol. The molecule has 2 N–H and O–H groups in total. The van der Waals surface area contributed by atoms with E-state index >= 15 is 0 Å². The summed E-state index contributed by atoms with van der Waals surface area (Å²) in [6.07, 6.45) is 1.38. The minimum atomic E-state index is -0.513. The number of carbonyl (C=O) groups excluding carboxylic acids is 2. The topological polar surface area (TPSA) is 69.6 Å². The van der Waals surface area contributed by atoms with Crippen molar-refractivity contribution in [3.63, 3.8) is 0 Å². The van der Waals surface area contributed by atoms with Gasteiger partial charge in [-0.1, -0.05) is 47.7 Å². The van der Waals surface area contributed by atoms with Crippen molar-refractivity contribution in [2.45, 2.75) is 18.6 Å². The van der Waals surface area contributed by atoms with E-state index in [9.17, 15) is 14.7 Å². The maximum absolute atomic E-state index is 12.6. The molecule has 2 aliphatic rings. The molecule has 0 aromatic heterocycles. The smallest absolute Gasteiger partial charge is 0.266 e. The molecular weight excluding hydrogens is 412 g/mol. The van der Waals surface area contributed by atoms with Crippen LogP contribution in [0, 0.1) is 0 Å². The molecular formula is C17H17ClN2O3S3. The predicted molar refractivity (Wildman–Crippen MR) is 111 cm³/mol. The summed E-state index contributed by atoms with van der Waals surface area (Å²) in [6, 6.07) is 6.99. The first kappa shape index (κ1) is 19.7. The number of hydrogen-bond donors (Lipinski definition) is 2. The molecule has 2 aliphatic heterocycles. The molecule has 2 heterocycles. The fourth-order valence-electron chi connectivity index (χ4n) is 2.61. The molecule has 3 rings (SSSR count). The van der Waals surface area contributed by atoms with Crippen LogP contribution in [0.2, 0.25) is 5.02 Å². The van der Waals surface area contributed by atoms with Gasteiger partial charge in [-0.15, -0.1) is 0 Å². The minimum absolute atomic E-state index is 0.144. The number of aliphatic hydroxyl groups is 1. The zero-order valence-electron chi connectivity index (χ0n) is 13.7. The third kappa shape index (κ3) is 4.80. The first-order valence-corrected chi connectivity index (χ1v) is 10.8. The van der Waals surface area contributed by atoms with Crippen LogP contribution >= 0.6 is 47.3 Å². The molecule has 26 heavy (non-hydrogen) atoms. The van der Waals surface area contributed by atoms with Crippen molar-refractivity contribution >= 4 is 69.6 Å². The molecule has 0 spiro atoms. The molecule has 0 saturated carbocycles. The Bertz CT molecular complexity index is 771. The van der Waals surface area contributed by atoms with E-state index in [1.165, 1.54) is 16.7 Å². The molecule has 2 amide bonds. The van der Waals surface area contributed by atoms with Crippen molar-refractivity contribution in [1.82, 2.24) is 10.2 Å². The number of hydrogen-bond acceptors (Lipinski definition) is 6. The van der Waals surface area contributed by atoms with Crippen molar-refractivity contribution in [1.29, 1.82) is 0 Å². The molecule has 1 aromatic rings. The number of nitrogens with zero attached hydrogens (tertiary/aromatic N) is 1. The van der Waals surface area contributed by atoms with E-state index in [0.29, 0.717) is 25.8 Å². The van der Waals surface area contributed by atoms with Crippen LogP contribution in [0.5, 0.6) is 0 Å². The Morgan fingerprint density at radius 1 is 1.46 bits per heavy atom. The minimum Gasteiger partial charge on any atom is -0.390 e. The average Bonchev–Trinajstić information content (AvgIpc) is 3.10. The summed E-state index contributed by atoms with van der Waals surface area (Å²) in [5.41, 5.74) is 0.823. The second-order valence-corrected chi connectivity index (χ2v) is 9.10. The van der Waals surface area contributed by atoms with Gasteiger partial charge in [0, 0.05) is 29.5 Å². The van der Waals surface area contributed by atoms with Gasteiger partial charge in [-0.3, -0.25) is 14.5 Å². The van der Waals surface area contributed by atoms with Crippen LogP contribution in [0.15, 0.2) is 29.2 Å². The van der Waals surface area contributed by atoms with Gasteiger partial charge in [-0.2, -0.15) is 11.8 Å². The Hall–Kier alpha value is -1.06. The van der Waals surface area contributed by atoms with Gasteiger partial charge in [0.15, 0.2) is 0 Å². The van der Waals surface area contributed by atoms with E-state index < -0.39 is 6.10 Å². The third-order valence-corrected chi connectivity index (χ3v) is 6.76. The highest BCUT2D eigenvalue weighted by Gasteiger charge is 2.33. The number of amides is 2. The van der Waals surface area contributed by atoms with Gasteiger partial charge < -0.3 is 10.4 Å². The summed E-state index contributed by atoms with van der Waals surface area (Å²) in [7, 11) is 0. The number of rotatable bonds is 5. The standard InChI is InChI=1S/C17H17ClN2O3S3/c18-11-3-1-2-10(6-11)7-14-16(23)20(17(24)26-14)5-4-15(22)19-12-8-25-9-13(12)21/h1-3,6-7,12-13,21H,4-5,8-9H2,(H,19,22)/b14-7+/t12-,13+/m1/s1. The molecule has 0 bridgehead atoms. The summed E-state index contributed by atoms with van der Waals surface area (Å²) in [6.45, 7) is 0.222. The number of aliphatic hydroxyl groups excluding tert-OH is 1. The second kappa shape index (κ2) is 8.75. The van der Waals surface area contributed by atoms with E-state index in [1.807, 2.05) is 12.1 Å². The van der Waals surface area contributed by atoms with E-state index in [1.54, 1.807) is 30.0 Å². The molecule has 5 nitrogen and oxygen atoms in total. The van der Waals surface area contributed by atoms with Gasteiger partial charge >= 0.3 is 0 Å². The van der Waals surface area contributed by atoms with Crippen LogP contribution < -0.4 is 5.32 Å². The molecule has 2 atom stereocenters. The summed E-state index contributed by atoms with van der Waals surface area (Å²) in [4.78, 5) is 26.6. The second-order valence-electron chi connectivity index (χ2n) is 5.92. The first-order valence-electron chi connectivity index (χ1n) is 8.00. The molecule has 2 fully saturated rings. The Kier molecular flexibility index (Phi) is 6.63. The predicted octanol–water partition coefficient (Wildman–Crippen LogP) is 2.52. The Labute approximate surface area is 170 Å². The van der Waals surface area contributed by atoms with Crippen molar-refractivity contribution in [2.75, 3.05) is 18.1 Å². The van der Waals surface area contributed by atoms with Gasteiger partial charge in [0.05, 0.1) is 17.1 Å². The maximum Gasteiger partial charge on any atom is 0.266 e. The van der Waals surface area contributed by atoms with Gasteiger partial charge in [0.1, 0.15) is 4.32 Å². The number of halogens is 1. The SMILES string of the molecule is O=C(CCN1C(=O)/C(=C\c2cccc(Cl)c2)SC1=S)N[C@@H]1CSC[C@@H]1O. The van der Waals surface area contributed by atoms with Gasteiger partial charge in [-0.25, -0.2) is 0 Å². The molecule has 138 valence electrons. The quantitative estimate of drug-likeness (QED) is 0.554. The van der Waals surface area contributed by atoms with E-state index in [0.717, 1.165) is 5.56 Å². The third-order valence-electron chi connectivity index (χ3n) is 3.98. The van der Waals surface area contributed by atoms with Crippen molar-refractivity contribution in [3.05, 3.63) is 39.8 Å². The van der Waals surface area contributed by atoms with Crippen molar-refractivity contribution in [3.8, 4) is 0 Å². The lowest BCUT2D eigenvalue weighted by molar-refractivity contribution is -0.124. The lowest BCUT2D eigenvalue weighted by Gasteiger charge is -2.18. The molecule has 0 unspecified atom stereocenters. The van der Waals surface area contributed by atoms with Crippen LogP contribution in [0.4, 0.5) is 0 Å².